The van der Waals surface area contributed by atoms with Gasteiger partial charge in [-0.25, -0.2) is 0 Å². The van der Waals surface area contributed by atoms with Crippen LogP contribution >= 0.6 is 0 Å². The fourth-order valence-electron chi connectivity index (χ4n) is 6.39. The molecule has 276 valence electrons. The summed E-state index contributed by atoms with van der Waals surface area (Å²) in [6.07, 6.45) is 2.91. The van der Waals surface area contributed by atoms with Gasteiger partial charge in [-0.15, -0.1) is 0 Å². The minimum absolute atomic E-state index is 0.0261. The van der Waals surface area contributed by atoms with Crippen molar-refractivity contribution in [2.24, 2.45) is 0 Å². The molecule has 0 aromatic heterocycles. The normalized spacial score (nSPS) is 18.4. The topological polar surface area (TPSA) is 146 Å². The van der Waals surface area contributed by atoms with Crippen LogP contribution in [0.1, 0.15) is 92.6 Å². The third-order valence-corrected chi connectivity index (χ3v) is 9.66. The first-order chi connectivity index (χ1) is 25.2. The van der Waals surface area contributed by atoms with E-state index < -0.39 is 12.4 Å². The highest BCUT2D eigenvalue weighted by atomic mass is 16.7. The fourth-order valence-corrected chi connectivity index (χ4v) is 6.39. The number of aliphatic hydroxyl groups is 2. The summed E-state index contributed by atoms with van der Waals surface area (Å²) in [5.74, 6) is -0.122. The van der Waals surface area contributed by atoms with E-state index in [1.807, 2.05) is 105 Å². The molecule has 0 aliphatic carbocycles. The zero-order chi connectivity index (χ0) is 36.9. The smallest absolute Gasteiger partial charge is 0.224 e. The van der Waals surface area contributed by atoms with E-state index in [1.165, 1.54) is 0 Å². The number of rotatable bonds is 17. The Bertz CT molecular complexity index is 1700. The average Bonchev–Trinajstić information content (AvgIpc) is 3.17. The Hall–Kier alpha value is -4.58. The molecular formula is C42H52N4O6. The Kier molecular flexibility index (Phi) is 14.4. The molecule has 5 atom stereocenters. The first-order valence-corrected chi connectivity index (χ1v) is 18.2. The van der Waals surface area contributed by atoms with Gasteiger partial charge in [-0.05, 0) is 67.8 Å². The van der Waals surface area contributed by atoms with Crippen molar-refractivity contribution in [1.29, 1.82) is 0 Å². The van der Waals surface area contributed by atoms with Crippen LogP contribution in [-0.4, -0.2) is 52.7 Å². The molecule has 1 saturated heterocycles. The van der Waals surface area contributed by atoms with E-state index in [1.54, 1.807) is 12.1 Å². The second kappa shape index (κ2) is 19.3. The Labute approximate surface area is 307 Å². The van der Waals surface area contributed by atoms with Crippen LogP contribution in [0.15, 0.2) is 103 Å². The standard InChI is InChI=1S/C42H52N4O6/c1-29(41(50)32-12-6-5-7-13-32)46(2)27-35-26-38(31-20-18-30(28-47)19-21-31)52-42(51-35)33-22-24-34(25-23-33)44-39(48)16-8-3-4-9-17-40(49)45-37-15-11-10-14-36(37)43/h5-7,10-15,18-25,29,35,38,41-42,47,50H,3-4,8-9,16-17,26-28,43H2,1-2H3,(H,44,48)(H,45,49)/t29-,35-,38+,41-,42+/m1/s1. The van der Waals surface area contributed by atoms with Gasteiger partial charge in [-0.2, -0.15) is 0 Å². The van der Waals surface area contributed by atoms with Crippen LogP contribution in [0.2, 0.25) is 0 Å². The van der Waals surface area contributed by atoms with Crippen molar-refractivity contribution in [1.82, 2.24) is 4.90 Å². The summed E-state index contributed by atoms with van der Waals surface area (Å²) in [5, 5.41) is 26.4. The van der Waals surface area contributed by atoms with Gasteiger partial charge in [0.25, 0.3) is 0 Å². The number of carbonyl (C=O) groups is 2. The summed E-state index contributed by atoms with van der Waals surface area (Å²) in [4.78, 5) is 27.0. The average molecular weight is 709 g/mol. The molecule has 1 fully saturated rings. The first kappa shape index (κ1) is 38.6. The van der Waals surface area contributed by atoms with Crippen molar-refractivity contribution in [3.63, 3.8) is 0 Å². The summed E-state index contributed by atoms with van der Waals surface area (Å²) < 4.78 is 13.0. The zero-order valence-corrected chi connectivity index (χ0v) is 30.1. The molecule has 0 unspecified atom stereocenters. The van der Waals surface area contributed by atoms with Gasteiger partial charge in [0.15, 0.2) is 6.29 Å². The number of ether oxygens (including phenoxy) is 2. The SMILES string of the molecule is C[C@H]([C@@H](O)c1ccccc1)N(C)C[C@H]1C[C@@H](c2ccc(CO)cc2)O[C@@H](c2ccc(NC(=O)CCCCCCC(=O)Nc3ccccc3N)cc2)O1. The predicted octanol–water partition coefficient (Wildman–Crippen LogP) is 7.28. The maximum Gasteiger partial charge on any atom is 0.224 e. The third-order valence-electron chi connectivity index (χ3n) is 9.66. The molecule has 0 bridgehead atoms. The second-order valence-corrected chi connectivity index (χ2v) is 13.6. The summed E-state index contributed by atoms with van der Waals surface area (Å²) in [6.45, 7) is 2.57. The van der Waals surface area contributed by atoms with Crippen molar-refractivity contribution in [2.45, 2.75) is 89.1 Å². The van der Waals surface area contributed by atoms with E-state index in [-0.39, 0.29) is 36.7 Å². The number of hydrogen-bond acceptors (Lipinski definition) is 8. The van der Waals surface area contributed by atoms with Gasteiger partial charge in [0.05, 0.1) is 36.3 Å². The number of nitrogens with one attached hydrogen (secondary N) is 2. The lowest BCUT2D eigenvalue weighted by Gasteiger charge is -2.39. The number of nitrogen functional groups attached to an aromatic ring is 1. The molecule has 5 rings (SSSR count). The van der Waals surface area contributed by atoms with Crippen LogP contribution in [0.4, 0.5) is 17.1 Å². The lowest BCUT2D eigenvalue weighted by atomic mass is 9.98. The maximum atomic E-state index is 12.7. The second-order valence-electron chi connectivity index (χ2n) is 13.6. The monoisotopic (exact) mass is 708 g/mol. The molecule has 6 N–H and O–H groups in total. The van der Waals surface area contributed by atoms with E-state index in [0.29, 0.717) is 42.9 Å². The van der Waals surface area contributed by atoms with Gasteiger partial charge < -0.3 is 36.1 Å². The number of para-hydroxylation sites is 2. The Morgan fingerprint density at radius 3 is 2.08 bits per heavy atom. The van der Waals surface area contributed by atoms with Crippen molar-refractivity contribution < 1.29 is 29.3 Å². The van der Waals surface area contributed by atoms with Crippen LogP contribution in [0.3, 0.4) is 0 Å². The third kappa shape index (κ3) is 11.2. The molecule has 0 saturated carbocycles. The highest BCUT2D eigenvalue weighted by Gasteiger charge is 2.34. The summed E-state index contributed by atoms with van der Waals surface area (Å²) >= 11 is 0. The molecule has 10 heteroatoms. The predicted molar refractivity (Wildman–Crippen MR) is 204 cm³/mol. The van der Waals surface area contributed by atoms with Gasteiger partial charge in [-0.3, -0.25) is 14.5 Å². The molecule has 2 amide bonds. The number of nitrogens with zero attached hydrogens (tertiary/aromatic N) is 1. The lowest BCUT2D eigenvalue weighted by Crippen LogP contribution is -2.43. The first-order valence-electron chi connectivity index (χ1n) is 18.2. The van der Waals surface area contributed by atoms with Crippen LogP contribution < -0.4 is 16.4 Å². The van der Waals surface area contributed by atoms with E-state index in [0.717, 1.165) is 47.9 Å². The van der Waals surface area contributed by atoms with Gasteiger partial charge >= 0.3 is 0 Å². The molecule has 4 aromatic carbocycles. The van der Waals surface area contributed by atoms with Gasteiger partial charge in [-0.1, -0.05) is 91.7 Å². The highest BCUT2D eigenvalue weighted by molar-refractivity contribution is 5.93. The number of amides is 2. The van der Waals surface area contributed by atoms with E-state index in [4.69, 9.17) is 15.2 Å². The number of aliphatic hydroxyl groups excluding tert-OH is 2. The molecule has 0 spiro atoms. The number of unbranched alkanes of at least 4 members (excludes halogenated alkanes) is 3. The minimum Gasteiger partial charge on any atom is -0.397 e. The Morgan fingerprint density at radius 1 is 0.808 bits per heavy atom. The number of benzene rings is 4. The number of likely N-dealkylation sites (N-methyl/N-ethyl adjacent to an activating group) is 1. The molecule has 1 heterocycles. The van der Waals surface area contributed by atoms with Crippen molar-refractivity contribution >= 4 is 28.9 Å². The molecule has 4 aromatic rings. The number of hydrogen-bond donors (Lipinski definition) is 5. The van der Waals surface area contributed by atoms with Crippen molar-refractivity contribution in [3.8, 4) is 0 Å². The number of nitrogens with two attached hydrogens (primary N) is 1. The van der Waals surface area contributed by atoms with Crippen LogP contribution in [0.25, 0.3) is 0 Å². The lowest BCUT2D eigenvalue weighted by molar-refractivity contribution is -0.253. The number of carbonyl (C=O) groups excluding carboxylic acids is 2. The Morgan fingerprint density at radius 2 is 1.42 bits per heavy atom. The molecule has 10 nitrogen and oxygen atoms in total. The Balaban J connectivity index is 1.12. The molecule has 1 aliphatic heterocycles. The molecule has 1 aliphatic rings. The minimum atomic E-state index is -0.648. The summed E-state index contributed by atoms with van der Waals surface area (Å²) in [7, 11) is 2.00. The van der Waals surface area contributed by atoms with E-state index in [9.17, 15) is 19.8 Å². The van der Waals surface area contributed by atoms with Crippen LogP contribution in [-0.2, 0) is 25.7 Å². The largest absolute Gasteiger partial charge is 0.397 e. The van der Waals surface area contributed by atoms with Gasteiger partial charge in [0.1, 0.15) is 0 Å². The molecular weight excluding hydrogens is 656 g/mol. The summed E-state index contributed by atoms with van der Waals surface area (Å²) in [5.41, 5.74) is 11.3. The van der Waals surface area contributed by atoms with Gasteiger partial charge in [0.2, 0.25) is 11.8 Å². The zero-order valence-electron chi connectivity index (χ0n) is 30.1. The number of anilines is 3. The summed E-state index contributed by atoms with van der Waals surface area (Å²) in [6, 6.07) is 32.0. The quantitative estimate of drug-likeness (QED) is 0.0569. The maximum absolute atomic E-state index is 12.7. The van der Waals surface area contributed by atoms with Crippen LogP contribution in [0, 0.1) is 0 Å². The fraction of sp³-hybridized carbons (Fsp3) is 0.381. The molecule has 52 heavy (non-hydrogen) atoms. The van der Waals surface area contributed by atoms with Crippen molar-refractivity contribution in [3.05, 3.63) is 125 Å². The van der Waals surface area contributed by atoms with Crippen LogP contribution in [0.5, 0.6) is 0 Å². The molecule has 0 radical (unpaired) electrons. The van der Waals surface area contributed by atoms with Crippen molar-refractivity contribution in [2.75, 3.05) is 30.0 Å². The van der Waals surface area contributed by atoms with Gasteiger partial charge in [0, 0.05) is 43.1 Å². The highest BCUT2D eigenvalue weighted by Crippen LogP contribution is 2.39. The van der Waals surface area contributed by atoms with E-state index in [2.05, 4.69) is 15.5 Å². The van der Waals surface area contributed by atoms with E-state index >= 15 is 0 Å².